The Hall–Kier alpha value is -1.92. The van der Waals surface area contributed by atoms with Crippen molar-refractivity contribution >= 4 is 22.4 Å². The zero-order valence-electron chi connectivity index (χ0n) is 15.1. The number of hydrogen-bond donors (Lipinski definition) is 1. The van der Waals surface area contributed by atoms with Gasteiger partial charge in [0.15, 0.2) is 5.13 Å². The smallest absolute Gasteiger partial charge is 0.308 e. The highest BCUT2D eigenvalue weighted by molar-refractivity contribution is 7.15. The first-order chi connectivity index (χ1) is 12.6. The maximum atomic E-state index is 11.8. The third kappa shape index (κ3) is 3.48. The van der Waals surface area contributed by atoms with E-state index in [2.05, 4.69) is 33.8 Å². The fraction of sp³-hybridized carbons (Fsp3) is 0.500. The average molecular weight is 372 g/mol. The van der Waals surface area contributed by atoms with E-state index in [4.69, 9.17) is 0 Å². The maximum Gasteiger partial charge on any atom is 0.308 e. The number of hydrogen-bond acceptors (Lipinski definition) is 5. The molecule has 2 saturated heterocycles. The molecule has 2 aliphatic rings. The van der Waals surface area contributed by atoms with Crippen LogP contribution in [0.3, 0.4) is 0 Å². The van der Waals surface area contributed by atoms with Gasteiger partial charge in [-0.05, 0) is 30.9 Å². The van der Waals surface area contributed by atoms with E-state index < -0.39 is 5.97 Å². The summed E-state index contributed by atoms with van der Waals surface area (Å²) in [6.07, 6.45) is 4.47. The van der Waals surface area contributed by atoms with Gasteiger partial charge in [0, 0.05) is 49.7 Å². The molecule has 3 heterocycles. The van der Waals surface area contributed by atoms with E-state index in [0.717, 1.165) is 31.3 Å². The number of nitrogens with zero attached hydrogens (tertiary/aromatic N) is 3. The number of anilines is 1. The first kappa shape index (κ1) is 17.5. The molecule has 4 rings (SSSR count). The molecule has 2 aliphatic heterocycles. The van der Waals surface area contributed by atoms with Gasteiger partial charge in [0.05, 0.1) is 5.92 Å². The summed E-state index contributed by atoms with van der Waals surface area (Å²) >= 11 is 1.75. The fourth-order valence-electron chi connectivity index (χ4n) is 4.23. The Morgan fingerprint density at radius 1 is 1.27 bits per heavy atom. The second-order valence-corrected chi connectivity index (χ2v) is 8.50. The van der Waals surface area contributed by atoms with Crippen molar-refractivity contribution in [2.24, 2.45) is 5.92 Å². The molecule has 1 N–H and O–H groups in total. The molecular weight excluding hydrogens is 346 g/mol. The van der Waals surface area contributed by atoms with Crippen LogP contribution in [0.1, 0.15) is 34.8 Å². The molecule has 1 aromatic carbocycles. The third-order valence-electron chi connectivity index (χ3n) is 5.60. The maximum absolute atomic E-state index is 11.8. The van der Waals surface area contributed by atoms with Crippen LogP contribution in [0.25, 0.3) is 0 Å². The van der Waals surface area contributed by atoms with Crippen molar-refractivity contribution in [2.75, 3.05) is 31.1 Å². The molecule has 2 aromatic rings. The minimum atomic E-state index is -0.692. The zero-order valence-corrected chi connectivity index (χ0v) is 15.9. The summed E-state index contributed by atoms with van der Waals surface area (Å²) < 4.78 is 0. The van der Waals surface area contributed by atoms with Crippen LogP contribution in [-0.4, -0.2) is 47.1 Å². The molecule has 0 saturated carbocycles. The van der Waals surface area contributed by atoms with Gasteiger partial charge < -0.3 is 10.0 Å². The van der Waals surface area contributed by atoms with Gasteiger partial charge in [-0.3, -0.25) is 9.69 Å². The minimum absolute atomic E-state index is 0.0553. The van der Waals surface area contributed by atoms with Gasteiger partial charge in [-0.1, -0.05) is 24.3 Å². The topological polar surface area (TPSA) is 56.7 Å². The summed E-state index contributed by atoms with van der Waals surface area (Å²) in [6, 6.07) is 8.17. The molecule has 138 valence electrons. The Morgan fingerprint density at radius 3 is 2.77 bits per heavy atom. The number of aromatic nitrogens is 1. The Kier molecular flexibility index (Phi) is 4.96. The largest absolute Gasteiger partial charge is 0.481 e. The summed E-state index contributed by atoms with van der Waals surface area (Å²) in [5.74, 6) is -0.982. The van der Waals surface area contributed by atoms with E-state index in [1.54, 1.807) is 11.3 Å². The van der Waals surface area contributed by atoms with E-state index >= 15 is 0 Å². The molecule has 6 heteroatoms. The van der Waals surface area contributed by atoms with Gasteiger partial charge >= 0.3 is 5.97 Å². The number of benzene rings is 1. The number of likely N-dealkylation sites (tertiary alicyclic amines) is 1. The van der Waals surface area contributed by atoms with Crippen LogP contribution in [0, 0.1) is 12.8 Å². The highest BCUT2D eigenvalue weighted by Crippen LogP contribution is 2.36. The molecule has 0 unspecified atom stereocenters. The Bertz CT molecular complexity index is 785. The lowest BCUT2D eigenvalue weighted by atomic mass is 9.86. The predicted molar refractivity (Wildman–Crippen MR) is 104 cm³/mol. The van der Waals surface area contributed by atoms with E-state index in [1.165, 1.54) is 28.8 Å². The molecule has 26 heavy (non-hydrogen) atoms. The highest BCUT2D eigenvalue weighted by Gasteiger charge is 2.39. The second kappa shape index (κ2) is 7.37. The van der Waals surface area contributed by atoms with Gasteiger partial charge in [0.25, 0.3) is 0 Å². The Labute approximate surface area is 158 Å². The quantitative estimate of drug-likeness (QED) is 0.873. The van der Waals surface area contributed by atoms with Crippen molar-refractivity contribution < 1.29 is 9.90 Å². The highest BCUT2D eigenvalue weighted by atomic mass is 32.1. The standard InChI is InChI=1S/C20H25N3O2S/c1-14-6-2-3-7-16(14)17-12-22(13-18(17)19(24)25)11-15-10-21-20(26-15)23-8-4-5-9-23/h2-3,6-7,10,17-18H,4-5,8-9,11-13H2,1H3,(H,24,25)/t17-,18+/m0/s1. The van der Waals surface area contributed by atoms with Gasteiger partial charge in [-0.25, -0.2) is 4.98 Å². The minimum Gasteiger partial charge on any atom is -0.481 e. The number of carboxylic acids is 1. The molecule has 0 amide bonds. The predicted octanol–water partition coefficient (Wildman–Crippen LogP) is 3.35. The molecule has 0 aliphatic carbocycles. The molecule has 0 radical (unpaired) electrons. The van der Waals surface area contributed by atoms with Crippen LogP contribution in [0.2, 0.25) is 0 Å². The number of aliphatic carboxylic acids is 1. The van der Waals surface area contributed by atoms with Crippen LogP contribution in [0.4, 0.5) is 5.13 Å². The van der Waals surface area contributed by atoms with E-state index in [-0.39, 0.29) is 11.8 Å². The van der Waals surface area contributed by atoms with Crippen molar-refractivity contribution in [1.82, 2.24) is 9.88 Å². The van der Waals surface area contributed by atoms with Crippen LogP contribution in [0.5, 0.6) is 0 Å². The zero-order chi connectivity index (χ0) is 18.1. The summed E-state index contributed by atoms with van der Waals surface area (Å²) in [4.78, 5) is 22.3. The summed E-state index contributed by atoms with van der Waals surface area (Å²) in [6.45, 7) is 6.46. The molecule has 1 aromatic heterocycles. The van der Waals surface area contributed by atoms with E-state index in [0.29, 0.717) is 6.54 Å². The third-order valence-corrected chi connectivity index (χ3v) is 6.64. The van der Waals surface area contributed by atoms with Gasteiger partial charge in [-0.15, -0.1) is 11.3 Å². The van der Waals surface area contributed by atoms with Crippen molar-refractivity contribution in [3.05, 3.63) is 46.5 Å². The SMILES string of the molecule is Cc1ccccc1[C@@H]1CN(Cc2cnc(N3CCCC3)s2)C[C@H]1C(=O)O. The number of aryl methyl sites for hydroxylation is 1. The van der Waals surface area contributed by atoms with E-state index in [9.17, 15) is 9.90 Å². The van der Waals surface area contributed by atoms with Gasteiger partial charge in [-0.2, -0.15) is 0 Å². The number of carbonyl (C=O) groups is 1. The number of thiazole rings is 1. The lowest BCUT2D eigenvalue weighted by Crippen LogP contribution is -2.23. The molecule has 2 atom stereocenters. The summed E-state index contributed by atoms with van der Waals surface area (Å²) in [7, 11) is 0. The molecule has 2 fully saturated rings. The Balaban J connectivity index is 1.48. The van der Waals surface area contributed by atoms with Crippen molar-refractivity contribution in [2.45, 2.75) is 32.2 Å². The van der Waals surface area contributed by atoms with Crippen molar-refractivity contribution in [3.8, 4) is 0 Å². The molecule has 0 bridgehead atoms. The summed E-state index contributed by atoms with van der Waals surface area (Å²) in [5.41, 5.74) is 2.35. The van der Waals surface area contributed by atoms with Crippen LogP contribution < -0.4 is 4.90 Å². The second-order valence-electron chi connectivity index (χ2n) is 7.41. The molecule has 5 nitrogen and oxygen atoms in total. The lowest BCUT2D eigenvalue weighted by Gasteiger charge is -2.17. The monoisotopic (exact) mass is 371 g/mol. The van der Waals surface area contributed by atoms with Crippen molar-refractivity contribution in [3.63, 3.8) is 0 Å². The number of carboxylic acid groups (broad SMARTS) is 1. The fourth-order valence-corrected chi connectivity index (χ4v) is 5.23. The van der Waals surface area contributed by atoms with Gasteiger partial charge in [0.2, 0.25) is 0 Å². The summed E-state index contributed by atoms with van der Waals surface area (Å²) in [5, 5.41) is 10.8. The van der Waals surface area contributed by atoms with Crippen LogP contribution in [-0.2, 0) is 11.3 Å². The Morgan fingerprint density at radius 2 is 2.04 bits per heavy atom. The average Bonchev–Trinajstić information content (AvgIpc) is 3.35. The van der Waals surface area contributed by atoms with Gasteiger partial charge in [0.1, 0.15) is 0 Å². The molecule has 0 spiro atoms. The van der Waals surface area contributed by atoms with E-state index in [1.807, 2.05) is 18.3 Å². The first-order valence-corrected chi connectivity index (χ1v) is 10.1. The van der Waals surface area contributed by atoms with Crippen LogP contribution in [0.15, 0.2) is 30.5 Å². The van der Waals surface area contributed by atoms with Crippen LogP contribution >= 0.6 is 11.3 Å². The van der Waals surface area contributed by atoms with Crippen molar-refractivity contribution in [1.29, 1.82) is 0 Å². The molecular formula is C20H25N3O2S. The lowest BCUT2D eigenvalue weighted by molar-refractivity contribution is -0.141. The normalized spacial score (nSPS) is 23.7. The number of rotatable bonds is 5. The first-order valence-electron chi connectivity index (χ1n) is 9.32.